The number of likely N-dealkylation sites (tertiary alicyclic amines) is 1. The molecule has 1 aromatic carbocycles. The summed E-state index contributed by atoms with van der Waals surface area (Å²) in [6.07, 6.45) is 3.70. The second-order valence-corrected chi connectivity index (χ2v) is 6.12. The highest BCUT2D eigenvalue weighted by molar-refractivity contribution is 5.82. The predicted molar refractivity (Wildman–Crippen MR) is 89.7 cm³/mol. The predicted octanol–water partition coefficient (Wildman–Crippen LogP) is 0.691. The zero-order chi connectivity index (χ0) is 16.2. The van der Waals surface area contributed by atoms with Gasteiger partial charge < -0.3 is 25.5 Å². The van der Waals surface area contributed by atoms with Gasteiger partial charge in [-0.25, -0.2) is 0 Å². The highest BCUT2D eigenvalue weighted by Crippen LogP contribution is 2.22. The van der Waals surface area contributed by atoms with Crippen LogP contribution in [0.2, 0.25) is 0 Å². The number of piperidine rings is 1. The summed E-state index contributed by atoms with van der Waals surface area (Å²) in [6, 6.07) is 7.28. The molecule has 23 heavy (non-hydrogen) atoms. The number of hydrogen-bond donors (Lipinski definition) is 3. The van der Waals surface area contributed by atoms with E-state index in [0.717, 1.165) is 43.6 Å². The molecule has 1 aromatic heterocycles. The number of aromatic amines is 1. The number of ether oxygens (including phenoxy) is 1. The molecule has 2 heterocycles. The lowest BCUT2D eigenvalue weighted by Gasteiger charge is -2.33. The Morgan fingerprint density at radius 1 is 1.35 bits per heavy atom. The lowest BCUT2D eigenvalue weighted by atomic mass is 10.1. The van der Waals surface area contributed by atoms with Gasteiger partial charge in [0.15, 0.2) is 0 Å². The van der Waals surface area contributed by atoms with Gasteiger partial charge in [0.2, 0.25) is 0 Å². The molecular weight excluding hydrogens is 294 g/mol. The standard InChI is InChI=1S/C17H23N3O3/c18-13(11-21)10-20-7-4-14(5-8-20)23-15-1-2-16-12(9-15)3-6-19-17(16)22/h1-3,6,9,13-14,21H,4-5,7-8,10-11,18H2,(H,19,22). The number of rotatable bonds is 5. The maximum Gasteiger partial charge on any atom is 0.255 e. The van der Waals surface area contributed by atoms with Crippen LogP contribution in [0.1, 0.15) is 12.8 Å². The largest absolute Gasteiger partial charge is 0.490 e. The maximum absolute atomic E-state index is 11.7. The van der Waals surface area contributed by atoms with Gasteiger partial charge in [-0.2, -0.15) is 0 Å². The van der Waals surface area contributed by atoms with E-state index in [1.807, 2.05) is 18.2 Å². The minimum atomic E-state index is -0.175. The van der Waals surface area contributed by atoms with Crippen LogP contribution in [0.15, 0.2) is 35.3 Å². The van der Waals surface area contributed by atoms with Gasteiger partial charge in [0.25, 0.3) is 5.56 Å². The molecule has 0 bridgehead atoms. The summed E-state index contributed by atoms with van der Waals surface area (Å²) >= 11 is 0. The van der Waals surface area contributed by atoms with Crippen LogP contribution in [0.3, 0.4) is 0 Å². The van der Waals surface area contributed by atoms with Crippen molar-refractivity contribution < 1.29 is 9.84 Å². The van der Waals surface area contributed by atoms with Gasteiger partial charge in [-0.05, 0) is 42.5 Å². The topological polar surface area (TPSA) is 91.6 Å². The molecule has 1 atom stereocenters. The summed E-state index contributed by atoms with van der Waals surface area (Å²) in [5.41, 5.74) is 5.70. The number of fused-ring (bicyclic) bond motifs is 1. The van der Waals surface area contributed by atoms with E-state index in [2.05, 4.69) is 9.88 Å². The third kappa shape index (κ3) is 3.90. The Morgan fingerprint density at radius 2 is 2.13 bits per heavy atom. The van der Waals surface area contributed by atoms with E-state index in [1.165, 1.54) is 0 Å². The van der Waals surface area contributed by atoms with E-state index in [4.69, 9.17) is 15.6 Å². The summed E-state index contributed by atoms with van der Waals surface area (Å²) in [5.74, 6) is 0.800. The number of benzene rings is 1. The first-order valence-corrected chi connectivity index (χ1v) is 8.02. The van der Waals surface area contributed by atoms with Crippen LogP contribution >= 0.6 is 0 Å². The van der Waals surface area contributed by atoms with Gasteiger partial charge in [0.05, 0.1) is 6.61 Å². The SMILES string of the molecule is NC(CO)CN1CCC(Oc2ccc3c(=O)[nH]ccc3c2)CC1. The number of aromatic nitrogens is 1. The molecule has 0 amide bonds. The Labute approximate surface area is 134 Å². The normalized spacial score (nSPS) is 18.2. The molecule has 1 fully saturated rings. The molecule has 1 unspecified atom stereocenters. The third-order valence-corrected chi connectivity index (χ3v) is 4.31. The fraction of sp³-hybridized carbons (Fsp3) is 0.471. The first-order valence-electron chi connectivity index (χ1n) is 8.02. The molecule has 0 radical (unpaired) electrons. The first-order chi connectivity index (χ1) is 11.2. The average molecular weight is 317 g/mol. The van der Waals surface area contributed by atoms with Gasteiger partial charge in [0.1, 0.15) is 11.9 Å². The molecule has 124 valence electrons. The number of hydrogen-bond acceptors (Lipinski definition) is 5. The molecule has 0 spiro atoms. The van der Waals surface area contributed by atoms with E-state index in [1.54, 1.807) is 12.3 Å². The van der Waals surface area contributed by atoms with Crippen molar-refractivity contribution in [2.24, 2.45) is 5.73 Å². The quantitative estimate of drug-likeness (QED) is 0.755. The molecule has 6 heteroatoms. The number of H-pyrrole nitrogens is 1. The molecule has 2 aromatic rings. The summed E-state index contributed by atoms with van der Waals surface area (Å²) < 4.78 is 6.06. The second-order valence-electron chi connectivity index (χ2n) is 6.12. The molecule has 6 nitrogen and oxygen atoms in total. The number of aliphatic hydroxyl groups is 1. The van der Waals surface area contributed by atoms with E-state index < -0.39 is 0 Å². The summed E-state index contributed by atoms with van der Waals surface area (Å²) in [4.78, 5) is 16.6. The molecule has 0 saturated carbocycles. The lowest BCUT2D eigenvalue weighted by Crippen LogP contribution is -2.45. The van der Waals surface area contributed by atoms with E-state index >= 15 is 0 Å². The van der Waals surface area contributed by atoms with Crippen molar-refractivity contribution in [3.8, 4) is 5.75 Å². The Balaban J connectivity index is 1.59. The van der Waals surface area contributed by atoms with Crippen molar-refractivity contribution in [3.05, 3.63) is 40.8 Å². The summed E-state index contributed by atoms with van der Waals surface area (Å²) in [7, 11) is 0. The van der Waals surface area contributed by atoms with Crippen molar-refractivity contribution >= 4 is 10.8 Å². The third-order valence-electron chi connectivity index (χ3n) is 4.31. The Kier molecular flexibility index (Phi) is 4.95. The average Bonchev–Trinajstić information content (AvgIpc) is 2.57. The lowest BCUT2D eigenvalue weighted by molar-refractivity contribution is 0.0920. The van der Waals surface area contributed by atoms with Crippen LogP contribution in [0.4, 0.5) is 0 Å². The van der Waals surface area contributed by atoms with Crippen molar-refractivity contribution in [3.63, 3.8) is 0 Å². The number of pyridine rings is 1. The Bertz CT molecular complexity index is 708. The molecule has 1 aliphatic heterocycles. The van der Waals surface area contributed by atoms with Crippen LogP contribution in [-0.4, -0.2) is 53.4 Å². The van der Waals surface area contributed by atoms with Gasteiger partial charge in [-0.3, -0.25) is 4.79 Å². The molecule has 1 saturated heterocycles. The fourth-order valence-corrected chi connectivity index (χ4v) is 3.04. The van der Waals surface area contributed by atoms with E-state index in [0.29, 0.717) is 5.39 Å². The molecule has 0 aliphatic carbocycles. The van der Waals surface area contributed by atoms with E-state index in [9.17, 15) is 4.79 Å². The Hall–Kier alpha value is -1.89. The molecule has 4 N–H and O–H groups in total. The second kappa shape index (κ2) is 7.12. The first kappa shape index (κ1) is 16.0. The summed E-state index contributed by atoms with van der Waals surface area (Å²) in [6.45, 7) is 2.59. The van der Waals surface area contributed by atoms with Gasteiger partial charge in [0, 0.05) is 37.3 Å². The number of nitrogens with zero attached hydrogens (tertiary/aromatic N) is 1. The number of nitrogens with two attached hydrogens (primary N) is 1. The van der Waals surface area contributed by atoms with Gasteiger partial charge in [-0.1, -0.05) is 0 Å². The number of nitrogens with one attached hydrogen (secondary N) is 1. The highest BCUT2D eigenvalue weighted by atomic mass is 16.5. The Morgan fingerprint density at radius 3 is 2.87 bits per heavy atom. The van der Waals surface area contributed by atoms with Crippen molar-refractivity contribution in [1.29, 1.82) is 0 Å². The van der Waals surface area contributed by atoms with Crippen LogP contribution in [-0.2, 0) is 0 Å². The van der Waals surface area contributed by atoms with Crippen LogP contribution in [0, 0.1) is 0 Å². The zero-order valence-corrected chi connectivity index (χ0v) is 13.1. The van der Waals surface area contributed by atoms with Crippen molar-refractivity contribution in [1.82, 2.24) is 9.88 Å². The van der Waals surface area contributed by atoms with Crippen molar-refractivity contribution in [2.45, 2.75) is 25.0 Å². The highest BCUT2D eigenvalue weighted by Gasteiger charge is 2.21. The smallest absolute Gasteiger partial charge is 0.255 e. The molecule has 3 rings (SSSR count). The fourth-order valence-electron chi connectivity index (χ4n) is 3.04. The minimum Gasteiger partial charge on any atom is -0.490 e. The summed E-state index contributed by atoms with van der Waals surface area (Å²) in [5, 5.41) is 10.6. The minimum absolute atomic E-state index is 0.0205. The molecule has 1 aliphatic rings. The number of aliphatic hydroxyl groups excluding tert-OH is 1. The molecular formula is C17H23N3O3. The van der Waals surface area contributed by atoms with Crippen LogP contribution < -0.4 is 16.0 Å². The van der Waals surface area contributed by atoms with Crippen molar-refractivity contribution in [2.75, 3.05) is 26.2 Å². The monoisotopic (exact) mass is 317 g/mol. The van der Waals surface area contributed by atoms with Gasteiger partial charge >= 0.3 is 0 Å². The van der Waals surface area contributed by atoms with Gasteiger partial charge in [-0.15, -0.1) is 0 Å². The van der Waals surface area contributed by atoms with Crippen LogP contribution in [0.25, 0.3) is 10.8 Å². The van der Waals surface area contributed by atoms with Crippen LogP contribution in [0.5, 0.6) is 5.75 Å². The van der Waals surface area contributed by atoms with E-state index in [-0.39, 0.29) is 24.3 Å². The maximum atomic E-state index is 11.7. The zero-order valence-electron chi connectivity index (χ0n) is 13.1.